The summed E-state index contributed by atoms with van der Waals surface area (Å²) in [6, 6.07) is -0.0934. The van der Waals surface area contributed by atoms with Gasteiger partial charge in [-0.15, -0.1) is 0 Å². The molecule has 102 valence electrons. The molecule has 0 aliphatic carbocycles. The average Bonchev–Trinajstić information content (AvgIpc) is 2.13. The average molecular weight is 287 g/mol. The Balaban J connectivity index is 2.31. The molecule has 0 radical (unpaired) electrons. The second kappa shape index (κ2) is 5.61. The van der Waals surface area contributed by atoms with Gasteiger partial charge in [0.1, 0.15) is 0 Å². The van der Waals surface area contributed by atoms with Crippen molar-refractivity contribution < 1.29 is 25.2 Å². The van der Waals surface area contributed by atoms with Gasteiger partial charge in [-0.1, -0.05) is 0 Å². The van der Waals surface area contributed by atoms with Crippen molar-refractivity contribution in [2.24, 2.45) is 0 Å². The zero-order valence-electron chi connectivity index (χ0n) is 9.75. The highest BCUT2D eigenvalue weighted by Gasteiger charge is 2.24. The molecule has 1 aliphatic rings. The lowest BCUT2D eigenvalue weighted by molar-refractivity contribution is 0.139. The van der Waals surface area contributed by atoms with Gasteiger partial charge in [-0.05, 0) is 12.8 Å². The summed E-state index contributed by atoms with van der Waals surface area (Å²) >= 11 is 0. The molecule has 0 spiro atoms. The summed E-state index contributed by atoms with van der Waals surface area (Å²) in [5.74, 6) is 0. The smallest absolute Gasteiger partial charge is 0.264 e. The van der Waals surface area contributed by atoms with Crippen molar-refractivity contribution in [3.8, 4) is 0 Å². The molecular formula is C8H17NO6S2. The second-order valence-corrected chi connectivity index (χ2v) is 7.34. The van der Waals surface area contributed by atoms with E-state index in [4.69, 9.17) is 4.18 Å². The van der Waals surface area contributed by atoms with Gasteiger partial charge in [-0.3, -0.25) is 8.37 Å². The van der Waals surface area contributed by atoms with Gasteiger partial charge in [0.15, 0.2) is 0 Å². The van der Waals surface area contributed by atoms with Gasteiger partial charge in [0.25, 0.3) is 20.2 Å². The van der Waals surface area contributed by atoms with Crippen LogP contribution in [-0.2, 0) is 28.6 Å². The fraction of sp³-hybridized carbons (Fsp3) is 1.00. The summed E-state index contributed by atoms with van der Waals surface area (Å²) in [7, 11) is -6.88. The Morgan fingerprint density at radius 2 is 1.76 bits per heavy atom. The Morgan fingerprint density at radius 3 is 2.18 bits per heavy atom. The predicted molar refractivity (Wildman–Crippen MR) is 61.5 cm³/mol. The van der Waals surface area contributed by atoms with Crippen molar-refractivity contribution >= 4 is 20.2 Å². The van der Waals surface area contributed by atoms with E-state index in [0.29, 0.717) is 19.4 Å². The second-order valence-electron chi connectivity index (χ2n) is 4.09. The Bertz CT molecular complexity index is 435. The van der Waals surface area contributed by atoms with Crippen molar-refractivity contribution in [1.29, 1.82) is 0 Å². The fourth-order valence-corrected chi connectivity index (χ4v) is 2.64. The standard InChI is InChI=1S/C8H17NO6S2/c1-16(10,11)14-6-7-3-4-8(5-9-7)15-17(2,12)13/h7-9H,3-6H2,1-2H3. The molecule has 1 aliphatic heterocycles. The molecular weight excluding hydrogens is 270 g/mol. The van der Waals surface area contributed by atoms with Crippen LogP contribution in [0.4, 0.5) is 0 Å². The summed E-state index contributed by atoms with van der Waals surface area (Å²) in [5.41, 5.74) is 0. The van der Waals surface area contributed by atoms with E-state index in [9.17, 15) is 16.8 Å². The molecule has 17 heavy (non-hydrogen) atoms. The van der Waals surface area contributed by atoms with Crippen LogP contribution in [0, 0.1) is 0 Å². The molecule has 2 unspecified atom stereocenters. The molecule has 9 heteroatoms. The normalized spacial score (nSPS) is 26.9. The minimum atomic E-state index is -3.44. The molecule has 1 N–H and O–H groups in total. The SMILES string of the molecule is CS(=O)(=O)OCC1CCC(OS(C)(=O)=O)CN1. The van der Waals surface area contributed by atoms with Gasteiger partial charge >= 0.3 is 0 Å². The fourth-order valence-electron chi connectivity index (χ4n) is 1.57. The molecule has 1 rings (SSSR count). The van der Waals surface area contributed by atoms with Crippen LogP contribution in [0.3, 0.4) is 0 Å². The number of hydrogen-bond acceptors (Lipinski definition) is 7. The largest absolute Gasteiger partial charge is 0.309 e. The van der Waals surface area contributed by atoms with E-state index >= 15 is 0 Å². The predicted octanol–water partition coefficient (Wildman–Crippen LogP) is -0.941. The van der Waals surface area contributed by atoms with E-state index in [0.717, 1.165) is 12.5 Å². The van der Waals surface area contributed by atoms with Crippen LogP contribution in [-0.4, -0.2) is 54.6 Å². The van der Waals surface area contributed by atoms with E-state index in [1.165, 1.54) is 0 Å². The third-order valence-corrected chi connectivity index (χ3v) is 3.45. The molecule has 0 saturated carbocycles. The lowest BCUT2D eigenvalue weighted by Gasteiger charge is -2.28. The molecule has 1 saturated heterocycles. The van der Waals surface area contributed by atoms with Crippen molar-refractivity contribution in [2.75, 3.05) is 25.7 Å². The maximum atomic E-state index is 10.9. The lowest BCUT2D eigenvalue weighted by atomic mass is 10.0. The van der Waals surface area contributed by atoms with Gasteiger partial charge in [-0.25, -0.2) is 0 Å². The van der Waals surface area contributed by atoms with Crippen LogP contribution in [0.25, 0.3) is 0 Å². The monoisotopic (exact) mass is 287 g/mol. The first-order chi connectivity index (χ1) is 7.66. The molecule has 0 aromatic carbocycles. The minimum absolute atomic E-state index is 0.0599. The van der Waals surface area contributed by atoms with E-state index < -0.39 is 20.2 Å². The summed E-state index contributed by atoms with van der Waals surface area (Å²) in [6.07, 6.45) is 2.77. The third kappa shape index (κ3) is 6.94. The van der Waals surface area contributed by atoms with Gasteiger partial charge in [-0.2, -0.15) is 16.8 Å². The summed E-state index contributed by atoms with van der Waals surface area (Å²) in [5, 5.41) is 2.99. The van der Waals surface area contributed by atoms with Crippen LogP contribution >= 0.6 is 0 Å². The number of hydrogen-bond donors (Lipinski definition) is 1. The Kier molecular flexibility index (Phi) is 4.90. The van der Waals surface area contributed by atoms with Crippen LogP contribution in [0.1, 0.15) is 12.8 Å². The van der Waals surface area contributed by atoms with Gasteiger partial charge < -0.3 is 5.32 Å². The van der Waals surface area contributed by atoms with Crippen LogP contribution in [0.15, 0.2) is 0 Å². The molecule has 1 heterocycles. The maximum absolute atomic E-state index is 10.9. The molecule has 2 atom stereocenters. The third-order valence-electron chi connectivity index (χ3n) is 2.27. The van der Waals surface area contributed by atoms with Crippen molar-refractivity contribution in [3.63, 3.8) is 0 Å². The highest BCUT2D eigenvalue weighted by Crippen LogP contribution is 2.13. The number of rotatable bonds is 5. The van der Waals surface area contributed by atoms with Gasteiger partial charge in [0, 0.05) is 12.6 Å². The molecule has 0 aromatic rings. The van der Waals surface area contributed by atoms with Gasteiger partial charge in [0.2, 0.25) is 0 Å². The van der Waals surface area contributed by atoms with E-state index in [-0.39, 0.29) is 18.8 Å². The van der Waals surface area contributed by atoms with Crippen molar-refractivity contribution in [2.45, 2.75) is 25.0 Å². The zero-order valence-corrected chi connectivity index (χ0v) is 11.4. The van der Waals surface area contributed by atoms with Crippen molar-refractivity contribution in [3.05, 3.63) is 0 Å². The summed E-state index contributed by atoms with van der Waals surface area (Å²) in [6.45, 7) is 0.426. The lowest BCUT2D eigenvalue weighted by Crippen LogP contribution is -2.45. The Labute approximate surface area is 102 Å². The molecule has 1 fully saturated rings. The zero-order chi connectivity index (χ0) is 13.1. The number of nitrogens with one attached hydrogen (secondary N) is 1. The maximum Gasteiger partial charge on any atom is 0.264 e. The molecule has 0 aromatic heterocycles. The van der Waals surface area contributed by atoms with Crippen LogP contribution in [0.5, 0.6) is 0 Å². The first-order valence-electron chi connectivity index (χ1n) is 5.12. The van der Waals surface area contributed by atoms with E-state index in [2.05, 4.69) is 9.50 Å². The Hall–Kier alpha value is -0.220. The minimum Gasteiger partial charge on any atom is -0.309 e. The quantitative estimate of drug-likeness (QED) is 0.651. The first-order valence-corrected chi connectivity index (χ1v) is 8.75. The van der Waals surface area contributed by atoms with Crippen LogP contribution < -0.4 is 5.32 Å². The van der Waals surface area contributed by atoms with E-state index in [1.54, 1.807) is 0 Å². The Morgan fingerprint density at radius 1 is 1.12 bits per heavy atom. The molecule has 0 amide bonds. The van der Waals surface area contributed by atoms with Crippen LogP contribution in [0.2, 0.25) is 0 Å². The van der Waals surface area contributed by atoms with Crippen molar-refractivity contribution in [1.82, 2.24) is 5.32 Å². The highest BCUT2D eigenvalue weighted by atomic mass is 32.2. The van der Waals surface area contributed by atoms with E-state index in [1.807, 2.05) is 0 Å². The summed E-state index contributed by atoms with van der Waals surface area (Å²) < 4.78 is 52.8. The highest BCUT2D eigenvalue weighted by molar-refractivity contribution is 7.86. The topological polar surface area (TPSA) is 98.8 Å². The summed E-state index contributed by atoms with van der Waals surface area (Å²) in [4.78, 5) is 0. The molecule has 7 nitrogen and oxygen atoms in total. The first kappa shape index (κ1) is 14.8. The van der Waals surface area contributed by atoms with Gasteiger partial charge in [0.05, 0.1) is 25.2 Å². The number of piperidine rings is 1. The molecule has 0 bridgehead atoms.